The Bertz CT molecular complexity index is 596. The van der Waals surface area contributed by atoms with E-state index in [0.717, 1.165) is 17.2 Å². The lowest BCUT2D eigenvalue weighted by atomic mass is 10.2. The Morgan fingerprint density at radius 2 is 2.05 bits per heavy atom. The molecule has 0 aliphatic carbocycles. The third kappa shape index (κ3) is 3.33. The maximum atomic E-state index is 12.3. The highest BCUT2D eigenvalue weighted by molar-refractivity contribution is 6.00. The van der Waals surface area contributed by atoms with Crippen LogP contribution in [-0.4, -0.2) is 53.5 Å². The summed E-state index contributed by atoms with van der Waals surface area (Å²) in [5.41, 5.74) is 4.88. The number of hydrogen-bond acceptors (Lipinski definition) is 4. The number of nitrogens with two attached hydrogens (primary N) is 1. The molecule has 114 valence electrons. The van der Waals surface area contributed by atoms with Crippen molar-refractivity contribution in [3.63, 3.8) is 0 Å². The second-order valence-corrected chi connectivity index (χ2v) is 4.42. The van der Waals surface area contributed by atoms with Crippen LogP contribution < -0.4 is 5.73 Å². The standard InChI is InChI=1S/C11H10F3N3O4/c12-11(13,14)4-17-5-16(2-8(17)18)10(20)6-1-7(9(15)19)21-3-6/h1,3H,2,4-5H2,(H2,15,19). The third-order valence-corrected chi connectivity index (χ3v) is 2.77. The van der Waals surface area contributed by atoms with E-state index in [-0.39, 0.29) is 11.3 Å². The molecule has 0 saturated carbocycles. The van der Waals surface area contributed by atoms with Crippen LogP contribution in [0.4, 0.5) is 13.2 Å². The average molecular weight is 305 g/mol. The lowest BCUT2D eigenvalue weighted by molar-refractivity contribution is -0.157. The van der Waals surface area contributed by atoms with Crippen molar-refractivity contribution in [2.75, 3.05) is 19.8 Å². The molecule has 1 saturated heterocycles. The van der Waals surface area contributed by atoms with Gasteiger partial charge in [0, 0.05) is 6.07 Å². The van der Waals surface area contributed by atoms with Crippen LogP contribution in [0.1, 0.15) is 20.9 Å². The van der Waals surface area contributed by atoms with Crippen molar-refractivity contribution >= 4 is 17.7 Å². The fourth-order valence-corrected chi connectivity index (χ4v) is 1.85. The van der Waals surface area contributed by atoms with Crippen molar-refractivity contribution in [1.82, 2.24) is 9.80 Å². The largest absolute Gasteiger partial charge is 0.458 e. The molecule has 0 radical (unpaired) electrons. The van der Waals surface area contributed by atoms with Crippen LogP contribution in [0.5, 0.6) is 0 Å². The maximum absolute atomic E-state index is 12.3. The Hall–Kier alpha value is -2.52. The van der Waals surface area contributed by atoms with Gasteiger partial charge >= 0.3 is 6.18 Å². The zero-order valence-electron chi connectivity index (χ0n) is 10.5. The third-order valence-electron chi connectivity index (χ3n) is 2.77. The molecule has 0 atom stereocenters. The number of carbonyl (C=O) groups is 3. The molecule has 0 unspecified atom stereocenters. The number of primary amides is 1. The van der Waals surface area contributed by atoms with Crippen LogP contribution in [0, 0.1) is 0 Å². The van der Waals surface area contributed by atoms with E-state index in [0.29, 0.717) is 4.90 Å². The highest BCUT2D eigenvalue weighted by Gasteiger charge is 2.39. The van der Waals surface area contributed by atoms with Crippen molar-refractivity contribution in [3.8, 4) is 0 Å². The molecule has 3 amide bonds. The van der Waals surface area contributed by atoms with E-state index < -0.39 is 43.7 Å². The normalized spacial score (nSPS) is 15.7. The summed E-state index contributed by atoms with van der Waals surface area (Å²) < 4.78 is 41.5. The predicted octanol–water partition coefficient (Wildman–Crippen LogP) is 0.183. The summed E-state index contributed by atoms with van der Waals surface area (Å²) in [4.78, 5) is 35.7. The summed E-state index contributed by atoms with van der Waals surface area (Å²) in [6.07, 6.45) is -3.58. The molecule has 2 N–H and O–H groups in total. The minimum atomic E-state index is -4.54. The molecule has 1 aliphatic rings. The molecule has 0 bridgehead atoms. The van der Waals surface area contributed by atoms with Gasteiger partial charge in [0.15, 0.2) is 5.76 Å². The predicted molar refractivity (Wildman–Crippen MR) is 60.9 cm³/mol. The summed E-state index contributed by atoms with van der Waals surface area (Å²) in [6, 6.07) is 1.07. The van der Waals surface area contributed by atoms with E-state index >= 15 is 0 Å². The van der Waals surface area contributed by atoms with Crippen molar-refractivity contribution in [3.05, 3.63) is 23.7 Å². The van der Waals surface area contributed by atoms with Crippen molar-refractivity contribution in [1.29, 1.82) is 0 Å². The number of hydrogen-bond donors (Lipinski definition) is 1. The summed E-state index contributed by atoms with van der Waals surface area (Å²) in [5.74, 6) is -2.66. The van der Waals surface area contributed by atoms with E-state index in [1.54, 1.807) is 0 Å². The van der Waals surface area contributed by atoms with Gasteiger partial charge in [-0.1, -0.05) is 0 Å². The van der Waals surface area contributed by atoms with Gasteiger partial charge in [0.1, 0.15) is 19.4 Å². The van der Waals surface area contributed by atoms with E-state index in [1.807, 2.05) is 0 Å². The van der Waals surface area contributed by atoms with Crippen LogP contribution in [-0.2, 0) is 4.79 Å². The van der Waals surface area contributed by atoms with Crippen LogP contribution in [0.3, 0.4) is 0 Å². The van der Waals surface area contributed by atoms with Gasteiger partial charge in [-0.25, -0.2) is 0 Å². The number of rotatable bonds is 3. The molecule has 2 rings (SSSR count). The van der Waals surface area contributed by atoms with Crippen molar-refractivity contribution in [2.45, 2.75) is 6.18 Å². The first-order chi connectivity index (χ1) is 9.67. The van der Waals surface area contributed by atoms with Gasteiger partial charge in [0.05, 0.1) is 12.2 Å². The van der Waals surface area contributed by atoms with E-state index in [2.05, 4.69) is 0 Å². The second-order valence-electron chi connectivity index (χ2n) is 4.42. The molecule has 1 aromatic heterocycles. The summed E-state index contributed by atoms with van der Waals surface area (Å²) in [7, 11) is 0. The molecule has 1 aliphatic heterocycles. The Kier molecular flexibility index (Phi) is 3.62. The molecule has 0 aromatic carbocycles. The molecule has 2 heterocycles. The quantitative estimate of drug-likeness (QED) is 0.861. The van der Waals surface area contributed by atoms with Crippen LogP contribution in [0.15, 0.2) is 16.7 Å². The molecule has 7 nitrogen and oxygen atoms in total. The maximum Gasteiger partial charge on any atom is 0.406 e. The van der Waals surface area contributed by atoms with Gasteiger partial charge < -0.3 is 20.0 Å². The molecular weight excluding hydrogens is 295 g/mol. The summed E-state index contributed by atoms with van der Waals surface area (Å²) in [5, 5.41) is 0. The van der Waals surface area contributed by atoms with E-state index in [4.69, 9.17) is 10.2 Å². The number of alkyl halides is 3. The first-order valence-corrected chi connectivity index (χ1v) is 5.69. The monoisotopic (exact) mass is 305 g/mol. The van der Waals surface area contributed by atoms with E-state index in [9.17, 15) is 27.6 Å². The number of furan rings is 1. The molecule has 21 heavy (non-hydrogen) atoms. The summed E-state index contributed by atoms with van der Waals surface area (Å²) >= 11 is 0. The number of carbonyl (C=O) groups excluding carboxylic acids is 3. The number of halogens is 3. The average Bonchev–Trinajstić information content (AvgIpc) is 2.94. The SMILES string of the molecule is NC(=O)c1cc(C(=O)N2CC(=O)N(CC(F)(F)F)C2)co1. The molecule has 1 aromatic rings. The van der Waals surface area contributed by atoms with Crippen LogP contribution in [0.2, 0.25) is 0 Å². The molecule has 1 fully saturated rings. The number of amides is 3. The fraction of sp³-hybridized carbons (Fsp3) is 0.364. The van der Waals surface area contributed by atoms with Gasteiger partial charge in [0.25, 0.3) is 11.8 Å². The Balaban J connectivity index is 2.07. The Labute approximate surface area is 116 Å². The van der Waals surface area contributed by atoms with Gasteiger partial charge in [-0.3, -0.25) is 14.4 Å². The lowest BCUT2D eigenvalue weighted by Gasteiger charge is -2.18. The number of nitrogens with zero attached hydrogens (tertiary/aromatic N) is 2. The van der Waals surface area contributed by atoms with Gasteiger partial charge in [-0.05, 0) is 0 Å². The zero-order valence-corrected chi connectivity index (χ0v) is 10.5. The van der Waals surface area contributed by atoms with Gasteiger partial charge in [-0.15, -0.1) is 0 Å². The van der Waals surface area contributed by atoms with Crippen molar-refractivity contribution < 1.29 is 32.0 Å². The smallest absolute Gasteiger partial charge is 0.406 e. The molecule has 0 spiro atoms. The van der Waals surface area contributed by atoms with Gasteiger partial charge in [-0.2, -0.15) is 13.2 Å². The first kappa shape index (κ1) is 14.9. The Morgan fingerprint density at radius 1 is 1.38 bits per heavy atom. The lowest BCUT2D eigenvalue weighted by Crippen LogP contribution is -2.37. The second kappa shape index (κ2) is 5.11. The Morgan fingerprint density at radius 3 is 2.57 bits per heavy atom. The van der Waals surface area contributed by atoms with Crippen LogP contribution >= 0.6 is 0 Å². The highest BCUT2D eigenvalue weighted by Crippen LogP contribution is 2.20. The van der Waals surface area contributed by atoms with Gasteiger partial charge in [0.2, 0.25) is 5.91 Å². The molecular formula is C11H10F3N3O4. The molecule has 10 heteroatoms. The topological polar surface area (TPSA) is 96.8 Å². The minimum absolute atomic E-state index is 0.0644. The minimum Gasteiger partial charge on any atom is -0.458 e. The summed E-state index contributed by atoms with van der Waals surface area (Å²) in [6.45, 7) is -2.37. The van der Waals surface area contributed by atoms with Crippen LogP contribution in [0.25, 0.3) is 0 Å². The van der Waals surface area contributed by atoms with Crippen molar-refractivity contribution in [2.24, 2.45) is 5.73 Å². The van der Waals surface area contributed by atoms with E-state index in [1.165, 1.54) is 0 Å². The fourth-order valence-electron chi connectivity index (χ4n) is 1.85. The zero-order chi connectivity index (χ0) is 15.8. The highest BCUT2D eigenvalue weighted by atomic mass is 19.4. The first-order valence-electron chi connectivity index (χ1n) is 5.69.